The molecular weight excluding hydrogens is 548 g/mol. The number of hydrogen-bond donors (Lipinski definition) is 9. The quantitative estimate of drug-likeness (QED) is 0.0755. The van der Waals surface area contributed by atoms with Crippen molar-refractivity contribution in [1.29, 1.82) is 0 Å². The summed E-state index contributed by atoms with van der Waals surface area (Å²) in [6, 6.07) is -1.01. The Morgan fingerprint density at radius 2 is 1.39 bits per heavy atom. The third-order valence-electron chi connectivity index (χ3n) is 7.26. The minimum absolute atomic E-state index is 0.115. The SMILES string of the molecule is CCCCCCCCO[C@@H]1O[C@H](CO[C@H]2O[C@H](C(=O)NCCCC[C@H](N)C(=O)O)[C@H](O)[C@H](O)[C@H]2O)[C@@H](O)[C@H](O)[C@H]1O. The van der Waals surface area contributed by atoms with E-state index in [1.807, 2.05) is 0 Å². The Labute approximate surface area is 239 Å². The molecule has 0 spiro atoms. The third-order valence-corrected chi connectivity index (χ3v) is 7.26. The fourth-order valence-electron chi connectivity index (χ4n) is 4.59. The van der Waals surface area contributed by atoms with Gasteiger partial charge in [-0.25, -0.2) is 0 Å². The number of carboxylic acid groups (broad SMARTS) is 1. The van der Waals surface area contributed by atoms with Crippen molar-refractivity contribution < 1.29 is 64.3 Å². The van der Waals surface area contributed by atoms with Gasteiger partial charge in [0.1, 0.15) is 48.8 Å². The summed E-state index contributed by atoms with van der Waals surface area (Å²) in [5.41, 5.74) is 5.43. The average Bonchev–Trinajstić information content (AvgIpc) is 2.95. The molecule has 0 aliphatic carbocycles. The standard InChI is InChI=1S/C26H48N2O13/c1-2-3-4-5-6-9-12-38-25-20(33)17(30)16(29)15(40-25)13-39-26-21(34)18(31)19(32)22(41-26)23(35)28-11-8-7-10-14(27)24(36)37/h14-22,25-26,29-34H,2-13,27H2,1H3,(H,28,35)(H,36,37)/t14-,15+,16+,17-,18-,19+,20+,21+,22-,25+,26-/m0/s1. The summed E-state index contributed by atoms with van der Waals surface area (Å²) >= 11 is 0. The van der Waals surface area contributed by atoms with Crippen LogP contribution in [0.15, 0.2) is 0 Å². The molecule has 0 aromatic rings. The average molecular weight is 597 g/mol. The lowest BCUT2D eigenvalue weighted by Crippen LogP contribution is -2.63. The summed E-state index contributed by atoms with van der Waals surface area (Å²) in [6.07, 6.45) is -8.60. The maximum absolute atomic E-state index is 12.6. The minimum atomic E-state index is -1.81. The molecule has 2 heterocycles. The molecule has 0 saturated carbocycles. The van der Waals surface area contributed by atoms with Gasteiger partial charge in [-0.3, -0.25) is 9.59 Å². The summed E-state index contributed by atoms with van der Waals surface area (Å²) in [4.78, 5) is 23.3. The van der Waals surface area contributed by atoms with Crippen molar-refractivity contribution in [2.75, 3.05) is 19.8 Å². The van der Waals surface area contributed by atoms with Gasteiger partial charge >= 0.3 is 5.97 Å². The van der Waals surface area contributed by atoms with E-state index in [0.717, 1.165) is 38.5 Å². The molecular formula is C26H48N2O13. The first-order chi connectivity index (χ1) is 19.5. The Hall–Kier alpha value is -1.50. The zero-order valence-electron chi connectivity index (χ0n) is 23.5. The third kappa shape index (κ3) is 10.9. The van der Waals surface area contributed by atoms with Crippen molar-refractivity contribution in [3.05, 3.63) is 0 Å². The summed E-state index contributed by atoms with van der Waals surface area (Å²) in [7, 11) is 0. The van der Waals surface area contributed by atoms with Crippen molar-refractivity contribution in [3.8, 4) is 0 Å². The van der Waals surface area contributed by atoms with Crippen molar-refractivity contribution in [1.82, 2.24) is 5.32 Å². The zero-order valence-corrected chi connectivity index (χ0v) is 23.5. The molecule has 2 rings (SSSR count). The number of ether oxygens (including phenoxy) is 4. The number of unbranched alkanes of at least 4 members (excludes halogenated alkanes) is 6. The molecule has 2 saturated heterocycles. The molecule has 0 radical (unpaired) electrons. The van der Waals surface area contributed by atoms with Crippen LogP contribution in [0.5, 0.6) is 0 Å². The lowest BCUT2D eigenvalue weighted by molar-refractivity contribution is -0.326. The molecule has 0 aromatic heterocycles. The van der Waals surface area contributed by atoms with Gasteiger partial charge in [-0.05, 0) is 25.7 Å². The van der Waals surface area contributed by atoms with Crippen molar-refractivity contribution in [3.63, 3.8) is 0 Å². The van der Waals surface area contributed by atoms with Gasteiger partial charge in [0.2, 0.25) is 0 Å². The summed E-state index contributed by atoms with van der Waals surface area (Å²) < 4.78 is 22.1. The Morgan fingerprint density at radius 1 is 0.780 bits per heavy atom. The van der Waals surface area contributed by atoms with Crippen molar-refractivity contribution in [2.24, 2.45) is 5.73 Å². The number of aliphatic hydroxyl groups is 6. The summed E-state index contributed by atoms with van der Waals surface area (Å²) in [5.74, 6) is -1.92. The summed E-state index contributed by atoms with van der Waals surface area (Å²) in [5, 5.41) is 73.1. The molecule has 0 bridgehead atoms. The number of carboxylic acids is 1. The molecule has 2 fully saturated rings. The van der Waals surface area contributed by atoms with Gasteiger partial charge in [-0.15, -0.1) is 0 Å². The van der Waals surface area contributed by atoms with Crippen LogP contribution in [0.4, 0.5) is 0 Å². The van der Waals surface area contributed by atoms with E-state index < -0.39 is 85.9 Å². The Kier molecular flexibility index (Phi) is 15.9. The van der Waals surface area contributed by atoms with Gasteiger partial charge in [0.05, 0.1) is 6.61 Å². The molecule has 240 valence electrons. The summed E-state index contributed by atoms with van der Waals surface area (Å²) in [6.45, 7) is 2.03. The van der Waals surface area contributed by atoms with Crippen molar-refractivity contribution in [2.45, 2.75) is 132 Å². The number of nitrogens with two attached hydrogens (primary N) is 1. The van der Waals surface area contributed by atoms with Gasteiger partial charge in [-0.2, -0.15) is 0 Å². The van der Waals surface area contributed by atoms with E-state index in [2.05, 4.69) is 12.2 Å². The predicted octanol–water partition coefficient (Wildman–Crippen LogP) is -2.31. The fraction of sp³-hybridized carbons (Fsp3) is 0.923. The first kappa shape index (κ1) is 35.7. The predicted molar refractivity (Wildman–Crippen MR) is 141 cm³/mol. The molecule has 15 heteroatoms. The highest BCUT2D eigenvalue weighted by molar-refractivity contribution is 5.81. The smallest absolute Gasteiger partial charge is 0.320 e. The second-order valence-corrected chi connectivity index (χ2v) is 10.6. The number of amides is 1. The van der Waals surface area contributed by atoms with Crippen LogP contribution in [0.1, 0.15) is 64.7 Å². The molecule has 41 heavy (non-hydrogen) atoms. The Morgan fingerprint density at radius 3 is 2.05 bits per heavy atom. The zero-order chi connectivity index (χ0) is 30.5. The van der Waals surface area contributed by atoms with Gasteiger partial charge in [-0.1, -0.05) is 39.0 Å². The van der Waals surface area contributed by atoms with Crippen LogP contribution in [0, 0.1) is 0 Å². The van der Waals surface area contributed by atoms with Crippen LogP contribution in [0.3, 0.4) is 0 Å². The molecule has 2 aliphatic rings. The Bertz CT molecular complexity index is 778. The molecule has 2 aliphatic heterocycles. The van der Waals surface area contributed by atoms with E-state index in [1.165, 1.54) is 0 Å². The highest BCUT2D eigenvalue weighted by Gasteiger charge is 2.49. The molecule has 0 aromatic carbocycles. The number of carbonyl (C=O) groups is 2. The number of aliphatic carboxylic acids is 1. The number of aliphatic hydroxyl groups excluding tert-OH is 6. The number of rotatable bonds is 18. The topological polar surface area (TPSA) is 251 Å². The first-order valence-electron chi connectivity index (χ1n) is 14.4. The normalized spacial score (nSPS) is 34.7. The van der Waals surface area contributed by atoms with Crippen LogP contribution in [0.2, 0.25) is 0 Å². The van der Waals surface area contributed by atoms with E-state index in [9.17, 15) is 40.2 Å². The largest absolute Gasteiger partial charge is 0.480 e. The Balaban J connectivity index is 1.85. The fourth-order valence-corrected chi connectivity index (χ4v) is 4.59. The minimum Gasteiger partial charge on any atom is -0.480 e. The number of carbonyl (C=O) groups excluding carboxylic acids is 1. The molecule has 11 atom stereocenters. The number of nitrogens with one attached hydrogen (secondary N) is 1. The van der Waals surface area contributed by atoms with Gasteiger partial charge in [0.25, 0.3) is 5.91 Å². The van der Waals surface area contributed by atoms with Gasteiger partial charge in [0.15, 0.2) is 18.7 Å². The van der Waals surface area contributed by atoms with E-state index in [4.69, 9.17) is 29.8 Å². The molecule has 10 N–H and O–H groups in total. The van der Waals surface area contributed by atoms with Crippen molar-refractivity contribution >= 4 is 11.9 Å². The molecule has 1 amide bonds. The van der Waals surface area contributed by atoms with Crippen LogP contribution in [-0.4, -0.2) is 135 Å². The van der Waals surface area contributed by atoms with Crippen LogP contribution in [-0.2, 0) is 28.5 Å². The second kappa shape index (κ2) is 18.2. The lowest BCUT2D eigenvalue weighted by atomic mass is 9.97. The van der Waals surface area contributed by atoms with Gasteiger partial charge in [0, 0.05) is 13.2 Å². The molecule has 15 nitrogen and oxygen atoms in total. The van der Waals surface area contributed by atoms with Gasteiger partial charge < -0.3 is 65.7 Å². The van der Waals surface area contributed by atoms with E-state index in [0.29, 0.717) is 12.8 Å². The van der Waals surface area contributed by atoms with Crippen LogP contribution >= 0.6 is 0 Å². The first-order valence-corrected chi connectivity index (χ1v) is 14.4. The number of hydrogen-bond acceptors (Lipinski definition) is 13. The monoisotopic (exact) mass is 596 g/mol. The second-order valence-electron chi connectivity index (χ2n) is 10.6. The van der Waals surface area contributed by atoms with E-state index in [-0.39, 0.29) is 19.6 Å². The highest BCUT2D eigenvalue weighted by atomic mass is 16.7. The van der Waals surface area contributed by atoms with E-state index in [1.54, 1.807) is 0 Å². The van der Waals surface area contributed by atoms with Crippen LogP contribution in [0.25, 0.3) is 0 Å². The lowest BCUT2D eigenvalue weighted by Gasteiger charge is -2.42. The van der Waals surface area contributed by atoms with E-state index >= 15 is 0 Å². The van der Waals surface area contributed by atoms with Crippen LogP contribution < -0.4 is 11.1 Å². The maximum atomic E-state index is 12.6. The highest BCUT2D eigenvalue weighted by Crippen LogP contribution is 2.26. The molecule has 0 unspecified atom stereocenters. The maximum Gasteiger partial charge on any atom is 0.320 e.